The average Bonchev–Trinajstić information content (AvgIpc) is 2.77. The molecule has 2 N–H and O–H groups in total. The maximum atomic E-state index is 12.5. The van der Waals surface area contributed by atoms with Crippen molar-refractivity contribution in [1.82, 2.24) is 20.4 Å². The fourth-order valence-corrected chi connectivity index (χ4v) is 4.01. The topological polar surface area (TPSA) is 78.1 Å². The first kappa shape index (κ1) is 14.4. The van der Waals surface area contributed by atoms with Crippen LogP contribution in [-0.4, -0.2) is 46.2 Å². The molecule has 6 heteroatoms. The maximum absolute atomic E-state index is 12.5. The Morgan fingerprint density at radius 3 is 2.70 bits per heavy atom. The summed E-state index contributed by atoms with van der Waals surface area (Å²) < 4.78 is 0. The van der Waals surface area contributed by atoms with Crippen LogP contribution < -0.4 is 10.7 Å². The second kappa shape index (κ2) is 5.45. The van der Waals surface area contributed by atoms with Gasteiger partial charge < -0.3 is 10.2 Å². The van der Waals surface area contributed by atoms with Crippen LogP contribution >= 0.6 is 0 Å². The number of benzene rings is 1. The van der Waals surface area contributed by atoms with Crippen LogP contribution in [0.1, 0.15) is 36.2 Å². The van der Waals surface area contributed by atoms with Gasteiger partial charge in [-0.25, -0.2) is 0 Å². The lowest BCUT2D eigenvalue weighted by Gasteiger charge is -2.36. The Hall–Kier alpha value is -2.21. The van der Waals surface area contributed by atoms with E-state index in [2.05, 4.69) is 27.5 Å². The number of aromatic amines is 1. The number of hydrogen-bond donors (Lipinski definition) is 2. The minimum atomic E-state index is -0.369. The molecule has 23 heavy (non-hydrogen) atoms. The Morgan fingerprint density at radius 1 is 1.26 bits per heavy atom. The molecule has 2 saturated heterocycles. The quantitative estimate of drug-likeness (QED) is 0.875. The van der Waals surface area contributed by atoms with Gasteiger partial charge in [0.15, 0.2) is 5.69 Å². The lowest BCUT2D eigenvalue weighted by molar-refractivity contribution is 0.0875. The van der Waals surface area contributed by atoms with Crippen molar-refractivity contribution in [2.75, 3.05) is 7.05 Å². The van der Waals surface area contributed by atoms with Crippen molar-refractivity contribution in [3.05, 3.63) is 40.2 Å². The molecular weight excluding hydrogens is 292 g/mol. The summed E-state index contributed by atoms with van der Waals surface area (Å²) in [5.41, 5.74) is 0.286. The SMILES string of the molecule is CN1C2CCC1CC(NC(=O)c1n[nH]c3ccccc3c1=O)C2. The molecule has 2 fully saturated rings. The van der Waals surface area contributed by atoms with Crippen LogP contribution in [0.3, 0.4) is 0 Å². The van der Waals surface area contributed by atoms with E-state index in [1.54, 1.807) is 18.2 Å². The van der Waals surface area contributed by atoms with E-state index in [9.17, 15) is 9.59 Å². The first-order chi connectivity index (χ1) is 11.1. The average molecular weight is 312 g/mol. The lowest BCUT2D eigenvalue weighted by atomic mass is 9.98. The zero-order valence-electron chi connectivity index (χ0n) is 13.1. The van der Waals surface area contributed by atoms with Crippen LogP contribution in [0.15, 0.2) is 29.1 Å². The molecule has 2 aliphatic heterocycles. The van der Waals surface area contributed by atoms with E-state index < -0.39 is 0 Å². The highest BCUT2D eigenvalue weighted by molar-refractivity contribution is 5.95. The zero-order valence-corrected chi connectivity index (χ0v) is 13.1. The van der Waals surface area contributed by atoms with Gasteiger partial charge in [0.05, 0.1) is 5.52 Å². The number of fused-ring (bicyclic) bond motifs is 3. The number of nitrogens with zero attached hydrogens (tertiary/aromatic N) is 2. The highest BCUT2D eigenvalue weighted by atomic mass is 16.2. The molecule has 0 saturated carbocycles. The minimum absolute atomic E-state index is 0.0463. The lowest BCUT2D eigenvalue weighted by Crippen LogP contribution is -2.49. The third-order valence-corrected chi connectivity index (χ3v) is 5.32. The van der Waals surface area contributed by atoms with E-state index in [-0.39, 0.29) is 23.1 Å². The molecule has 0 radical (unpaired) electrons. The summed E-state index contributed by atoms with van der Waals surface area (Å²) in [6.07, 6.45) is 4.29. The van der Waals surface area contributed by atoms with E-state index >= 15 is 0 Å². The van der Waals surface area contributed by atoms with Crippen LogP contribution in [0.25, 0.3) is 10.9 Å². The summed E-state index contributed by atoms with van der Waals surface area (Å²) in [5, 5.41) is 10.3. The fourth-order valence-electron chi connectivity index (χ4n) is 4.01. The third kappa shape index (κ3) is 2.43. The molecule has 1 amide bonds. The molecule has 0 aliphatic carbocycles. The number of piperidine rings is 1. The summed E-state index contributed by atoms with van der Waals surface area (Å²) in [4.78, 5) is 27.4. The highest BCUT2D eigenvalue weighted by Gasteiger charge is 2.39. The first-order valence-corrected chi connectivity index (χ1v) is 8.13. The predicted molar refractivity (Wildman–Crippen MR) is 87.4 cm³/mol. The molecule has 2 aromatic rings. The van der Waals surface area contributed by atoms with Gasteiger partial charge in [0.25, 0.3) is 5.91 Å². The molecule has 4 rings (SSSR count). The van der Waals surface area contributed by atoms with Crippen molar-refractivity contribution in [2.24, 2.45) is 0 Å². The van der Waals surface area contributed by atoms with E-state index in [1.165, 1.54) is 12.8 Å². The Labute approximate surface area is 133 Å². The van der Waals surface area contributed by atoms with E-state index in [4.69, 9.17) is 0 Å². The molecule has 2 aliphatic rings. The van der Waals surface area contributed by atoms with Gasteiger partial charge >= 0.3 is 0 Å². The number of amides is 1. The third-order valence-electron chi connectivity index (χ3n) is 5.32. The van der Waals surface area contributed by atoms with E-state index in [0.29, 0.717) is 23.0 Å². The standard InChI is InChI=1S/C17H20N4O2/c1-21-11-6-7-12(21)9-10(8-11)18-17(23)15-16(22)13-4-2-3-5-14(13)19-20-15/h2-5,10-12H,6-9H2,1H3,(H,18,23)(H,19,22). The Balaban J connectivity index is 1.56. The molecule has 2 unspecified atom stereocenters. The van der Waals surface area contributed by atoms with E-state index in [1.807, 2.05) is 6.07 Å². The van der Waals surface area contributed by atoms with Gasteiger partial charge in [0.2, 0.25) is 5.43 Å². The zero-order chi connectivity index (χ0) is 16.0. The molecule has 1 aromatic heterocycles. The smallest absolute Gasteiger partial charge is 0.276 e. The summed E-state index contributed by atoms with van der Waals surface area (Å²) in [5.74, 6) is -0.369. The van der Waals surface area contributed by atoms with Crippen molar-refractivity contribution in [1.29, 1.82) is 0 Å². The molecule has 2 atom stereocenters. The number of para-hydroxylation sites is 1. The van der Waals surface area contributed by atoms with Crippen LogP contribution in [0.5, 0.6) is 0 Å². The van der Waals surface area contributed by atoms with Gasteiger partial charge in [-0.1, -0.05) is 12.1 Å². The Morgan fingerprint density at radius 2 is 1.96 bits per heavy atom. The number of aromatic nitrogens is 2. The first-order valence-electron chi connectivity index (χ1n) is 8.13. The summed E-state index contributed by atoms with van der Waals surface area (Å²) in [6, 6.07) is 8.32. The molecular formula is C17H20N4O2. The van der Waals surface area contributed by atoms with Crippen LogP contribution in [0.4, 0.5) is 0 Å². The van der Waals surface area contributed by atoms with Crippen LogP contribution in [0.2, 0.25) is 0 Å². The summed E-state index contributed by atoms with van der Waals surface area (Å²) in [6.45, 7) is 0. The van der Waals surface area contributed by atoms with Crippen molar-refractivity contribution >= 4 is 16.8 Å². The number of nitrogens with one attached hydrogen (secondary N) is 2. The van der Waals surface area contributed by atoms with Crippen molar-refractivity contribution in [3.63, 3.8) is 0 Å². The number of hydrogen-bond acceptors (Lipinski definition) is 4. The molecule has 2 bridgehead atoms. The van der Waals surface area contributed by atoms with Crippen LogP contribution in [0, 0.1) is 0 Å². The molecule has 120 valence electrons. The Kier molecular flexibility index (Phi) is 3.41. The van der Waals surface area contributed by atoms with Gasteiger partial charge in [-0.2, -0.15) is 5.10 Å². The van der Waals surface area contributed by atoms with Gasteiger partial charge in [-0.15, -0.1) is 0 Å². The number of carbonyl (C=O) groups is 1. The Bertz CT molecular complexity index is 802. The fraction of sp³-hybridized carbons (Fsp3) is 0.471. The van der Waals surface area contributed by atoms with Gasteiger partial charge in [-0.3, -0.25) is 14.7 Å². The van der Waals surface area contributed by atoms with Crippen molar-refractivity contribution in [3.8, 4) is 0 Å². The van der Waals surface area contributed by atoms with Crippen molar-refractivity contribution < 1.29 is 4.79 Å². The summed E-state index contributed by atoms with van der Waals surface area (Å²) in [7, 11) is 2.16. The second-order valence-electron chi connectivity index (χ2n) is 6.64. The second-order valence-corrected chi connectivity index (χ2v) is 6.64. The van der Waals surface area contributed by atoms with Gasteiger partial charge in [0.1, 0.15) is 0 Å². The molecule has 1 aromatic carbocycles. The van der Waals surface area contributed by atoms with Crippen LogP contribution in [-0.2, 0) is 0 Å². The number of rotatable bonds is 2. The van der Waals surface area contributed by atoms with Gasteiger partial charge in [-0.05, 0) is 44.9 Å². The predicted octanol–water partition coefficient (Wildman–Crippen LogP) is 1.28. The van der Waals surface area contributed by atoms with Crippen molar-refractivity contribution in [2.45, 2.75) is 43.8 Å². The maximum Gasteiger partial charge on any atom is 0.276 e. The minimum Gasteiger partial charge on any atom is -0.348 e. The summed E-state index contributed by atoms with van der Waals surface area (Å²) >= 11 is 0. The normalized spacial score (nSPS) is 27.3. The number of carbonyl (C=O) groups excluding carboxylic acids is 1. The number of H-pyrrole nitrogens is 1. The largest absolute Gasteiger partial charge is 0.348 e. The highest BCUT2D eigenvalue weighted by Crippen LogP contribution is 2.34. The van der Waals surface area contributed by atoms with Gasteiger partial charge in [0, 0.05) is 23.5 Å². The molecule has 0 spiro atoms. The van der Waals surface area contributed by atoms with E-state index in [0.717, 1.165) is 12.8 Å². The monoisotopic (exact) mass is 312 g/mol. The molecule has 3 heterocycles. The molecule has 6 nitrogen and oxygen atoms in total.